The number of amides is 1. The number of aromatic nitrogens is 2. The van der Waals surface area contributed by atoms with Crippen molar-refractivity contribution in [2.24, 2.45) is 0 Å². The average molecular weight is 369 g/mol. The van der Waals surface area contributed by atoms with Crippen molar-refractivity contribution in [3.63, 3.8) is 0 Å². The second kappa shape index (κ2) is 7.14. The molecule has 0 aliphatic carbocycles. The summed E-state index contributed by atoms with van der Waals surface area (Å²) >= 11 is 0. The Morgan fingerprint density at radius 1 is 1.22 bits per heavy atom. The monoisotopic (exact) mass is 369 g/mol. The lowest BCUT2D eigenvalue weighted by Crippen LogP contribution is -2.49. The van der Waals surface area contributed by atoms with E-state index in [4.69, 9.17) is 18.4 Å². The van der Waals surface area contributed by atoms with Crippen LogP contribution in [-0.4, -0.2) is 48.3 Å². The number of carbonyl (C=O) groups excluding carboxylic acids is 1. The lowest BCUT2D eigenvalue weighted by atomic mass is 9.98. The van der Waals surface area contributed by atoms with E-state index in [1.807, 2.05) is 12.1 Å². The van der Waals surface area contributed by atoms with Crippen LogP contribution in [0.2, 0.25) is 0 Å². The number of rotatable bonds is 6. The Bertz CT molecular complexity index is 929. The molecule has 0 radical (unpaired) electrons. The van der Waals surface area contributed by atoms with E-state index in [1.54, 1.807) is 43.6 Å². The number of benzene rings is 1. The van der Waals surface area contributed by atoms with E-state index < -0.39 is 0 Å². The molecule has 0 saturated carbocycles. The zero-order valence-corrected chi connectivity index (χ0v) is 15.0. The minimum absolute atomic E-state index is 0.0456. The number of nitrogens with zero attached hydrogens (tertiary/aromatic N) is 3. The van der Waals surface area contributed by atoms with Crippen molar-refractivity contribution in [2.75, 3.05) is 27.3 Å². The molecule has 3 heterocycles. The molecule has 1 aliphatic rings. The standard InChI is InChI=1S/C19H19N3O5/c1-24-14-6-5-12(8-16(14)25-2)9-17(23)22-10-13(11-22)19-20-18(21-27-19)15-4-3-7-26-15/h3-8,13H,9-11H2,1-2H3. The van der Waals surface area contributed by atoms with Crippen LogP contribution in [0.25, 0.3) is 11.6 Å². The molecule has 1 amide bonds. The van der Waals surface area contributed by atoms with Crippen molar-refractivity contribution in [1.82, 2.24) is 15.0 Å². The van der Waals surface area contributed by atoms with Crippen LogP contribution in [0.3, 0.4) is 0 Å². The Hall–Kier alpha value is -3.29. The first-order valence-electron chi connectivity index (χ1n) is 8.54. The second-order valence-corrected chi connectivity index (χ2v) is 6.30. The van der Waals surface area contributed by atoms with Gasteiger partial charge in [-0.3, -0.25) is 4.79 Å². The van der Waals surface area contributed by atoms with Gasteiger partial charge in [0.1, 0.15) is 0 Å². The van der Waals surface area contributed by atoms with Gasteiger partial charge in [-0.2, -0.15) is 4.98 Å². The van der Waals surface area contributed by atoms with Crippen LogP contribution in [0.1, 0.15) is 17.4 Å². The molecular weight excluding hydrogens is 350 g/mol. The van der Waals surface area contributed by atoms with Crippen LogP contribution in [-0.2, 0) is 11.2 Å². The molecule has 1 fully saturated rings. The lowest BCUT2D eigenvalue weighted by Gasteiger charge is -2.37. The summed E-state index contributed by atoms with van der Waals surface area (Å²) in [6.07, 6.45) is 1.86. The van der Waals surface area contributed by atoms with Gasteiger partial charge in [0, 0.05) is 13.1 Å². The summed E-state index contributed by atoms with van der Waals surface area (Å²) in [5, 5.41) is 3.93. The van der Waals surface area contributed by atoms with Crippen molar-refractivity contribution >= 4 is 5.91 Å². The fourth-order valence-corrected chi connectivity index (χ4v) is 3.02. The molecule has 140 valence electrons. The lowest BCUT2D eigenvalue weighted by molar-refractivity contribution is -0.135. The highest BCUT2D eigenvalue weighted by Gasteiger charge is 2.35. The smallest absolute Gasteiger partial charge is 0.238 e. The first-order chi connectivity index (χ1) is 13.2. The SMILES string of the molecule is COc1ccc(CC(=O)N2CC(c3nc(-c4ccco4)no3)C2)cc1OC. The van der Waals surface area contributed by atoms with Crippen LogP contribution in [0.5, 0.6) is 11.5 Å². The second-order valence-electron chi connectivity index (χ2n) is 6.30. The van der Waals surface area contributed by atoms with Gasteiger partial charge >= 0.3 is 0 Å². The topological polar surface area (TPSA) is 90.8 Å². The minimum atomic E-state index is 0.0456. The molecule has 0 unspecified atom stereocenters. The number of furan rings is 1. The van der Waals surface area contributed by atoms with Gasteiger partial charge in [0.15, 0.2) is 17.3 Å². The number of hydrogen-bond donors (Lipinski definition) is 0. The van der Waals surface area contributed by atoms with Gasteiger partial charge in [-0.05, 0) is 29.8 Å². The molecule has 0 bridgehead atoms. The Balaban J connectivity index is 1.35. The fourth-order valence-electron chi connectivity index (χ4n) is 3.02. The van der Waals surface area contributed by atoms with Crippen molar-refractivity contribution in [3.8, 4) is 23.1 Å². The van der Waals surface area contributed by atoms with E-state index in [2.05, 4.69) is 10.1 Å². The van der Waals surface area contributed by atoms with Crippen LogP contribution in [0.15, 0.2) is 45.5 Å². The molecule has 8 nitrogen and oxygen atoms in total. The maximum absolute atomic E-state index is 12.5. The third kappa shape index (κ3) is 3.38. The largest absolute Gasteiger partial charge is 0.493 e. The average Bonchev–Trinajstić information content (AvgIpc) is 3.32. The number of hydrogen-bond acceptors (Lipinski definition) is 7. The molecule has 0 spiro atoms. The van der Waals surface area contributed by atoms with Crippen molar-refractivity contribution in [2.45, 2.75) is 12.3 Å². The zero-order chi connectivity index (χ0) is 18.8. The highest BCUT2D eigenvalue weighted by atomic mass is 16.5. The number of carbonyl (C=O) groups is 1. The van der Waals surface area contributed by atoms with E-state index in [0.717, 1.165) is 5.56 Å². The number of ether oxygens (including phenoxy) is 2. The highest BCUT2D eigenvalue weighted by molar-refractivity contribution is 5.80. The van der Waals surface area contributed by atoms with Crippen LogP contribution in [0.4, 0.5) is 0 Å². The number of likely N-dealkylation sites (tertiary alicyclic amines) is 1. The molecule has 4 rings (SSSR count). The molecule has 8 heteroatoms. The maximum atomic E-state index is 12.5. The summed E-state index contributed by atoms with van der Waals surface area (Å²) in [5.41, 5.74) is 0.874. The van der Waals surface area contributed by atoms with Crippen molar-refractivity contribution in [1.29, 1.82) is 0 Å². The van der Waals surface area contributed by atoms with Crippen LogP contribution < -0.4 is 9.47 Å². The van der Waals surface area contributed by atoms with Crippen molar-refractivity contribution < 1.29 is 23.2 Å². The van der Waals surface area contributed by atoms with Gasteiger partial charge in [-0.25, -0.2) is 0 Å². The summed E-state index contributed by atoms with van der Waals surface area (Å²) in [6, 6.07) is 9.03. The molecule has 3 aromatic rings. The van der Waals surface area contributed by atoms with Crippen LogP contribution >= 0.6 is 0 Å². The zero-order valence-electron chi connectivity index (χ0n) is 15.0. The van der Waals surface area contributed by atoms with Crippen LogP contribution in [0, 0.1) is 0 Å². The quantitative estimate of drug-likeness (QED) is 0.659. The third-order valence-electron chi connectivity index (χ3n) is 4.57. The summed E-state index contributed by atoms with van der Waals surface area (Å²) in [4.78, 5) is 18.6. The maximum Gasteiger partial charge on any atom is 0.238 e. The Morgan fingerprint density at radius 2 is 2.04 bits per heavy atom. The van der Waals surface area contributed by atoms with E-state index in [-0.39, 0.29) is 11.8 Å². The fraction of sp³-hybridized carbons (Fsp3) is 0.316. The summed E-state index contributed by atoms with van der Waals surface area (Å²) < 4.78 is 21.1. The van der Waals surface area contributed by atoms with E-state index in [0.29, 0.717) is 48.5 Å². The first kappa shape index (κ1) is 17.1. The molecule has 1 aliphatic heterocycles. The summed E-state index contributed by atoms with van der Waals surface area (Å²) in [7, 11) is 3.16. The molecule has 0 N–H and O–H groups in total. The van der Waals surface area contributed by atoms with Gasteiger partial charge in [0.2, 0.25) is 17.6 Å². The van der Waals surface area contributed by atoms with Gasteiger partial charge in [-0.15, -0.1) is 0 Å². The van der Waals surface area contributed by atoms with E-state index in [9.17, 15) is 4.79 Å². The highest BCUT2D eigenvalue weighted by Crippen LogP contribution is 2.30. The van der Waals surface area contributed by atoms with Gasteiger partial charge in [0.25, 0.3) is 0 Å². The predicted octanol–water partition coefficient (Wildman–Crippen LogP) is 2.52. The van der Waals surface area contributed by atoms with E-state index in [1.165, 1.54) is 0 Å². The molecule has 1 saturated heterocycles. The summed E-state index contributed by atoms with van der Waals surface area (Å²) in [5.74, 6) is 2.86. The molecule has 2 aromatic heterocycles. The Kier molecular flexibility index (Phi) is 4.53. The summed E-state index contributed by atoms with van der Waals surface area (Å²) in [6.45, 7) is 1.12. The molecular formula is C19H19N3O5. The Morgan fingerprint density at radius 3 is 2.74 bits per heavy atom. The minimum Gasteiger partial charge on any atom is -0.493 e. The third-order valence-corrected chi connectivity index (χ3v) is 4.57. The van der Waals surface area contributed by atoms with Gasteiger partial charge in [-0.1, -0.05) is 11.2 Å². The molecule has 27 heavy (non-hydrogen) atoms. The van der Waals surface area contributed by atoms with Crippen molar-refractivity contribution in [3.05, 3.63) is 48.0 Å². The molecule has 0 atom stereocenters. The number of methoxy groups -OCH3 is 2. The van der Waals surface area contributed by atoms with E-state index >= 15 is 0 Å². The molecule has 1 aromatic carbocycles. The van der Waals surface area contributed by atoms with Gasteiger partial charge in [0.05, 0.1) is 32.8 Å². The Labute approximate surface area is 155 Å². The normalized spacial score (nSPS) is 14.1. The first-order valence-corrected chi connectivity index (χ1v) is 8.54. The van der Waals surface area contributed by atoms with Gasteiger partial charge < -0.3 is 23.3 Å². The predicted molar refractivity (Wildman–Crippen MR) is 94.6 cm³/mol.